The Balaban J connectivity index is 1.74. The van der Waals surface area contributed by atoms with E-state index in [9.17, 15) is 4.79 Å². The minimum Gasteiger partial charge on any atom is -0.308 e. The molecular formula is C14H10BrN3OS. The molecule has 0 atom stereocenters. The zero-order valence-electron chi connectivity index (χ0n) is 10.3. The third-order valence-corrected chi connectivity index (χ3v) is 4.03. The van der Waals surface area contributed by atoms with Crippen LogP contribution in [0.3, 0.4) is 0 Å². The topological polar surface area (TPSA) is 54.0 Å². The second-order valence-corrected chi connectivity index (χ2v) is 6.02. The van der Waals surface area contributed by atoms with Gasteiger partial charge in [-0.25, -0.2) is 9.78 Å². The van der Waals surface area contributed by atoms with E-state index in [0.29, 0.717) is 5.13 Å². The summed E-state index contributed by atoms with van der Waals surface area (Å²) >= 11 is 4.85. The molecule has 0 bridgehead atoms. The predicted octanol–water partition coefficient (Wildman–Crippen LogP) is 4.70. The van der Waals surface area contributed by atoms with Crippen LogP contribution in [0.15, 0.2) is 53.0 Å². The Morgan fingerprint density at radius 1 is 1.10 bits per heavy atom. The minimum atomic E-state index is -0.297. The summed E-state index contributed by atoms with van der Waals surface area (Å²) in [4.78, 5) is 16.2. The van der Waals surface area contributed by atoms with Gasteiger partial charge in [0.25, 0.3) is 0 Å². The van der Waals surface area contributed by atoms with E-state index in [1.807, 2.05) is 48.5 Å². The average Bonchev–Trinajstić information content (AvgIpc) is 2.80. The maximum Gasteiger partial charge on any atom is 0.325 e. The number of carbonyl (C=O) groups excluding carboxylic acids is 1. The van der Waals surface area contributed by atoms with Gasteiger partial charge in [0.1, 0.15) is 0 Å². The summed E-state index contributed by atoms with van der Waals surface area (Å²) in [6.45, 7) is 0. The number of nitrogens with zero attached hydrogens (tertiary/aromatic N) is 1. The zero-order chi connectivity index (χ0) is 13.9. The van der Waals surface area contributed by atoms with Crippen molar-refractivity contribution in [2.24, 2.45) is 0 Å². The third-order valence-electron chi connectivity index (χ3n) is 2.60. The fraction of sp³-hybridized carbons (Fsp3) is 0. The van der Waals surface area contributed by atoms with Gasteiger partial charge in [0, 0.05) is 10.2 Å². The maximum atomic E-state index is 11.9. The normalized spacial score (nSPS) is 10.4. The van der Waals surface area contributed by atoms with E-state index in [1.165, 1.54) is 11.3 Å². The molecule has 0 saturated heterocycles. The van der Waals surface area contributed by atoms with E-state index in [1.54, 1.807) is 0 Å². The second-order valence-electron chi connectivity index (χ2n) is 4.08. The summed E-state index contributed by atoms with van der Waals surface area (Å²) in [6.07, 6.45) is 0. The Labute approximate surface area is 128 Å². The molecule has 3 rings (SSSR count). The molecule has 6 heteroatoms. The summed E-state index contributed by atoms with van der Waals surface area (Å²) in [5.41, 5.74) is 1.61. The van der Waals surface area contributed by atoms with Gasteiger partial charge in [-0.15, -0.1) is 0 Å². The molecule has 0 spiro atoms. The number of nitrogens with one attached hydrogen (secondary N) is 2. The van der Waals surface area contributed by atoms with Crippen LogP contribution < -0.4 is 10.6 Å². The molecule has 0 saturated carbocycles. The lowest BCUT2D eigenvalue weighted by Crippen LogP contribution is -2.19. The first-order valence-electron chi connectivity index (χ1n) is 5.90. The Kier molecular flexibility index (Phi) is 3.66. The van der Waals surface area contributed by atoms with Crippen LogP contribution >= 0.6 is 27.3 Å². The second kappa shape index (κ2) is 5.60. The summed E-state index contributed by atoms with van der Waals surface area (Å²) in [5.74, 6) is 0. The van der Waals surface area contributed by atoms with Gasteiger partial charge in [-0.05, 0) is 30.3 Å². The number of benzene rings is 2. The lowest BCUT2D eigenvalue weighted by atomic mass is 10.3. The highest BCUT2D eigenvalue weighted by Crippen LogP contribution is 2.28. The van der Waals surface area contributed by atoms with Crippen molar-refractivity contribution >= 4 is 54.3 Å². The molecule has 20 heavy (non-hydrogen) atoms. The molecule has 0 aliphatic carbocycles. The Morgan fingerprint density at radius 3 is 2.70 bits per heavy atom. The van der Waals surface area contributed by atoms with Crippen molar-refractivity contribution in [3.63, 3.8) is 0 Å². The molecule has 1 heterocycles. The minimum absolute atomic E-state index is 0.297. The van der Waals surface area contributed by atoms with Gasteiger partial charge in [-0.2, -0.15) is 0 Å². The van der Waals surface area contributed by atoms with E-state index in [4.69, 9.17) is 0 Å². The Morgan fingerprint density at radius 2 is 1.90 bits per heavy atom. The lowest BCUT2D eigenvalue weighted by Gasteiger charge is -2.04. The van der Waals surface area contributed by atoms with Crippen LogP contribution in [-0.2, 0) is 0 Å². The molecule has 2 aromatic carbocycles. The van der Waals surface area contributed by atoms with E-state index >= 15 is 0 Å². The van der Waals surface area contributed by atoms with Crippen LogP contribution in [0.1, 0.15) is 0 Å². The number of anilines is 2. The summed E-state index contributed by atoms with van der Waals surface area (Å²) in [7, 11) is 0. The summed E-state index contributed by atoms with van der Waals surface area (Å²) < 4.78 is 2.02. The average molecular weight is 348 g/mol. The standard InChI is InChI=1S/C14H10BrN3OS/c15-9-6-7-11-12(8-9)20-14(17-11)18-13(19)16-10-4-2-1-3-5-10/h1-8H,(H2,16,17,18,19). The van der Waals surface area contributed by atoms with Crippen molar-refractivity contribution in [1.29, 1.82) is 0 Å². The number of hydrogen-bond acceptors (Lipinski definition) is 3. The van der Waals surface area contributed by atoms with E-state index in [0.717, 1.165) is 20.4 Å². The smallest absolute Gasteiger partial charge is 0.308 e. The SMILES string of the molecule is O=C(Nc1ccccc1)Nc1nc2ccc(Br)cc2s1. The van der Waals surface area contributed by atoms with Crippen LogP contribution in [0.5, 0.6) is 0 Å². The maximum absolute atomic E-state index is 11.9. The number of para-hydroxylation sites is 1. The number of rotatable bonds is 2. The van der Waals surface area contributed by atoms with Crippen LogP contribution in [0.4, 0.5) is 15.6 Å². The van der Waals surface area contributed by atoms with Crippen LogP contribution in [-0.4, -0.2) is 11.0 Å². The number of aromatic nitrogens is 1. The highest BCUT2D eigenvalue weighted by Gasteiger charge is 2.08. The molecular weight excluding hydrogens is 338 g/mol. The van der Waals surface area contributed by atoms with Crippen molar-refractivity contribution in [3.8, 4) is 0 Å². The van der Waals surface area contributed by atoms with Gasteiger partial charge in [-0.3, -0.25) is 5.32 Å². The van der Waals surface area contributed by atoms with Gasteiger partial charge >= 0.3 is 6.03 Å². The number of urea groups is 1. The highest BCUT2D eigenvalue weighted by molar-refractivity contribution is 9.10. The fourth-order valence-electron chi connectivity index (χ4n) is 1.73. The molecule has 4 nitrogen and oxygen atoms in total. The van der Waals surface area contributed by atoms with E-state index in [-0.39, 0.29) is 6.03 Å². The van der Waals surface area contributed by atoms with Crippen molar-refractivity contribution in [2.75, 3.05) is 10.6 Å². The number of amides is 2. The molecule has 0 radical (unpaired) electrons. The molecule has 2 amide bonds. The number of halogens is 1. The summed E-state index contributed by atoms with van der Waals surface area (Å²) in [6, 6.07) is 14.8. The molecule has 100 valence electrons. The van der Waals surface area contributed by atoms with Gasteiger partial charge in [0.05, 0.1) is 10.2 Å². The largest absolute Gasteiger partial charge is 0.325 e. The molecule has 1 aromatic heterocycles. The van der Waals surface area contributed by atoms with Crippen molar-refractivity contribution in [1.82, 2.24) is 4.98 Å². The zero-order valence-corrected chi connectivity index (χ0v) is 12.7. The van der Waals surface area contributed by atoms with E-state index < -0.39 is 0 Å². The third kappa shape index (κ3) is 2.97. The number of thiazole rings is 1. The van der Waals surface area contributed by atoms with Gasteiger partial charge in [-0.1, -0.05) is 45.5 Å². The first-order chi connectivity index (χ1) is 9.70. The Bertz CT molecular complexity index is 757. The van der Waals surface area contributed by atoms with Gasteiger partial charge < -0.3 is 5.32 Å². The molecule has 0 aliphatic rings. The molecule has 0 fully saturated rings. The van der Waals surface area contributed by atoms with Gasteiger partial charge in [0.15, 0.2) is 5.13 Å². The quantitative estimate of drug-likeness (QED) is 0.705. The van der Waals surface area contributed by atoms with Crippen molar-refractivity contribution in [2.45, 2.75) is 0 Å². The predicted molar refractivity (Wildman–Crippen MR) is 86.4 cm³/mol. The molecule has 0 unspecified atom stereocenters. The number of carbonyl (C=O) groups is 1. The first-order valence-corrected chi connectivity index (χ1v) is 7.51. The van der Waals surface area contributed by atoms with E-state index in [2.05, 4.69) is 31.5 Å². The van der Waals surface area contributed by atoms with Crippen molar-refractivity contribution < 1.29 is 4.79 Å². The highest BCUT2D eigenvalue weighted by atomic mass is 79.9. The van der Waals surface area contributed by atoms with Crippen LogP contribution in [0, 0.1) is 0 Å². The molecule has 3 aromatic rings. The summed E-state index contributed by atoms with van der Waals surface area (Å²) in [5, 5.41) is 6.07. The van der Waals surface area contributed by atoms with Crippen molar-refractivity contribution in [3.05, 3.63) is 53.0 Å². The molecule has 2 N–H and O–H groups in total. The van der Waals surface area contributed by atoms with Crippen LogP contribution in [0.25, 0.3) is 10.2 Å². The number of fused-ring (bicyclic) bond motifs is 1. The fourth-order valence-corrected chi connectivity index (χ4v) is 3.15. The number of hydrogen-bond donors (Lipinski definition) is 2. The Hall–Kier alpha value is -1.92. The monoisotopic (exact) mass is 347 g/mol. The lowest BCUT2D eigenvalue weighted by molar-refractivity contribution is 0.262. The molecule has 0 aliphatic heterocycles. The first kappa shape index (κ1) is 13.1. The van der Waals surface area contributed by atoms with Gasteiger partial charge in [0.2, 0.25) is 0 Å². The van der Waals surface area contributed by atoms with Crippen LogP contribution in [0.2, 0.25) is 0 Å².